The van der Waals surface area contributed by atoms with Crippen LogP contribution >= 0.6 is 0 Å². The maximum Gasteiger partial charge on any atom is 0.140 e. The molecule has 1 aliphatic heterocycles. The van der Waals surface area contributed by atoms with Gasteiger partial charge >= 0.3 is 0 Å². The Kier molecular flexibility index (Phi) is 3.16. The van der Waals surface area contributed by atoms with Crippen molar-refractivity contribution in [1.29, 1.82) is 5.26 Å². The fourth-order valence-electron chi connectivity index (χ4n) is 1.99. The lowest BCUT2D eigenvalue weighted by Gasteiger charge is -2.31. The Morgan fingerprint density at radius 1 is 1.56 bits per heavy atom. The van der Waals surface area contributed by atoms with E-state index in [1.807, 2.05) is 12.1 Å². The second-order valence-electron chi connectivity index (χ2n) is 4.00. The zero-order valence-electron chi connectivity index (χ0n) is 8.97. The van der Waals surface area contributed by atoms with Crippen molar-refractivity contribution < 1.29 is 4.79 Å². The summed E-state index contributed by atoms with van der Waals surface area (Å²) >= 11 is 0. The lowest BCUT2D eigenvalue weighted by Crippen LogP contribution is -2.36. The summed E-state index contributed by atoms with van der Waals surface area (Å²) in [6.07, 6.45) is 4.74. The summed E-state index contributed by atoms with van der Waals surface area (Å²) in [6, 6.07) is 5.59. The molecule has 1 aromatic rings. The van der Waals surface area contributed by atoms with Gasteiger partial charge in [0.15, 0.2) is 0 Å². The molecule has 0 radical (unpaired) electrons. The van der Waals surface area contributed by atoms with Crippen LogP contribution in [0.25, 0.3) is 0 Å². The highest BCUT2D eigenvalue weighted by Gasteiger charge is 2.19. The highest BCUT2D eigenvalue weighted by atomic mass is 16.1. The number of carbonyl (C=O) groups is 1. The number of aromatic nitrogens is 1. The summed E-state index contributed by atoms with van der Waals surface area (Å²) in [5, 5.41) is 8.65. The van der Waals surface area contributed by atoms with E-state index in [1.54, 1.807) is 12.3 Å². The van der Waals surface area contributed by atoms with E-state index in [2.05, 4.69) is 9.88 Å². The molecule has 1 aliphatic rings. The van der Waals surface area contributed by atoms with Crippen LogP contribution in [0.5, 0.6) is 0 Å². The molecule has 2 rings (SSSR count). The minimum Gasteiger partial charge on any atom is -0.370 e. The van der Waals surface area contributed by atoms with Crippen LogP contribution in [-0.4, -0.2) is 24.4 Å². The van der Waals surface area contributed by atoms with E-state index in [0.29, 0.717) is 5.69 Å². The van der Waals surface area contributed by atoms with Gasteiger partial charge in [0.25, 0.3) is 0 Å². The number of aldehydes is 1. The molecule has 2 heterocycles. The largest absolute Gasteiger partial charge is 0.370 e. The quantitative estimate of drug-likeness (QED) is 0.699. The van der Waals surface area contributed by atoms with Crippen LogP contribution in [0.1, 0.15) is 18.5 Å². The van der Waals surface area contributed by atoms with Crippen molar-refractivity contribution in [2.75, 3.05) is 18.0 Å². The Labute approximate surface area is 94.5 Å². The van der Waals surface area contributed by atoms with Crippen molar-refractivity contribution in [2.45, 2.75) is 12.8 Å². The minimum atomic E-state index is 0.129. The normalized spacial score (nSPS) is 20.2. The van der Waals surface area contributed by atoms with E-state index in [-0.39, 0.29) is 5.92 Å². The molecule has 0 aliphatic carbocycles. The smallest absolute Gasteiger partial charge is 0.140 e. The maximum absolute atomic E-state index is 10.8. The Balaban J connectivity index is 2.11. The molecular formula is C12H13N3O. The third-order valence-corrected chi connectivity index (χ3v) is 2.88. The predicted molar refractivity (Wildman–Crippen MR) is 60.0 cm³/mol. The van der Waals surface area contributed by atoms with Crippen LogP contribution in [0.15, 0.2) is 18.3 Å². The lowest BCUT2D eigenvalue weighted by molar-refractivity contribution is -0.111. The summed E-state index contributed by atoms with van der Waals surface area (Å²) in [4.78, 5) is 16.9. The highest BCUT2D eigenvalue weighted by molar-refractivity contribution is 5.57. The van der Waals surface area contributed by atoms with E-state index < -0.39 is 0 Å². The van der Waals surface area contributed by atoms with Gasteiger partial charge in [-0.1, -0.05) is 0 Å². The van der Waals surface area contributed by atoms with E-state index in [0.717, 1.165) is 37.9 Å². The molecule has 1 aromatic heterocycles. The Bertz CT molecular complexity index is 407. The topological polar surface area (TPSA) is 57.0 Å². The number of hydrogen-bond acceptors (Lipinski definition) is 4. The van der Waals surface area contributed by atoms with Gasteiger partial charge in [-0.15, -0.1) is 0 Å². The number of nitrogens with zero attached hydrogens (tertiary/aromatic N) is 3. The molecule has 82 valence electrons. The van der Waals surface area contributed by atoms with Gasteiger partial charge in [-0.3, -0.25) is 0 Å². The van der Waals surface area contributed by atoms with Crippen molar-refractivity contribution in [2.24, 2.45) is 5.92 Å². The number of rotatable bonds is 2. The van der Waals surface area contributed by atoms with Crippen molar-refractivity contribution in [3.05, 3.63) is 24.0 Å². The van der Waals surface area contributed by atoms with E-state index >= 15 is 0 Å². The van der Waals surface area contributed by atoms with Crippen LogP contribution in [0.3, 0.4) is 0 Å². The average molecular weight is 215 g/mol. The Morgan fingerprint density at radius 2 is 2.44 bits per heavy atom. The van der Waals surface area contributed by atoms with Crippen molar-refractivity contribution in [1.82, 2.24) is 4.98 Å². The molecule has 16 heavy (non-hydrogen) atoms. The number of pyridine rings is 1. The average Bonchev–Trinajstić information content (AvgIpc) is 2.39. The van der Waals surface area contributed by atoms with Crippen molar-refractivity contribution >= 4 is 12.0 Å². The third kappa shape index (κ3) is 2.19. The molecule has 1 atom stereocenters. The molecule has 1 saturated heterocycles. The van der Waals surface area contributed by atoms with Gasteiger partial charge in [0.05, 0.1) is 11.9 Å². The van der Waals surface area contributed by atoms with Gasteiger partial charge < -0.3 is 9.69 Å². The fraction of sp³-hybridized carbons (Fsp3) is 0.417. The van der Waals surface area contributed by atoms with Crippen LogP contribution in [-0.2, 0) is 4.79 Å². The summed E-state index contributed by atoms with van der Waals surface area (Å²) < 4.78 is 0. The molecule has 1 unspecified atom stereocenters. The number of carbonyl (C=O) groups excluding carboxylic acids is 1. The molecule has 0 amide bonds. The first-order valence-electron chi connectivity index (χ1n) is 5.40. The maximum atomic E-state index is 10.8. The molecule has 0 spiro atoms. The second kappa shape index (κ2) is 4.75. The van der Waals surface area contributed by atoms with E-state index in [1.165, 1.54) is 0 Å². The first kappa shape index (κ1) is 10.6. The van der Waals surface area contributed by atoms with Gasteiger partial charge in [-0.2, -0.15) is 5.26 Å². The van der Waals surface area contributed by atoms with Gasteiger partial charge in [0.2, 0.25) is 0 Å². The monoisotopic (exact) mass is 215 g/mol. The van der Waals surface area contributed by atoms with Crippen LogP contribution < -0.4 is 4.90 Å². The van der Waals surface area contributed by atoms with Gasteiger partial charge in [0.1, 0.15) is 18.0 Å². The second-order valence-corrected chi connectivity index (χ2v) is 4.00. The van der Waals surface area contributed by atoms with Gasteiger partial charge in [-0.25, -0.2) is 4.98 Å². The first-order chi connectivity index (χ1) is 7.83. The summed E-state index contributed by atoms with van der Waals surface area (Å²) in [5.41, 5.74) is 1.42. The van der Waals surface area contributed by atoms with Gasteiger partial charge in [0, 0.05) is 19.0 Å². The van der Waals surface area contributed by atoms with Gasteiger partial charge in [-0.05, 0) is 25.0 Å². The standard InChI is InChI=1S/C12H13N3O/c13-6-11-3-4-12(7-14-11)15-5-1-2-10(8-15)9-16/h3-4,7,9-10H,1-2,5,8H2. The van der Waals surface area contributed by atoms with Crippen LogP contribution in [0.2, 0.25) is 0 Å². The Hall–Kier alpha value is -1.89. The SMILES string of the molecule is N#Cc1ccc(N2CCCC(C=O)C2)cn1. The molecule has 1 fully saturated rings. The number of nitriles is 1. The molecular weight excluding hydrogens is 202 g/mol. The number of anilines is 1. The van der Waals surface area contributed by atoms with Crippen LogP contribution in [0, 0.1) is 17.2 Å². The fourth-order valence-corrected chi connectivity index (χ4v) is 1.99. The summed E-state index contributed by atoms with van der Waals surface area (Å²) in [7, 11) is 0. The zero-order chi connectivity index (χ0) is 11.4. The zero-order valence-corrected chi connectivity index (χ0v) is 8.97. The minimum absolute atomic E-state index is 0.129. The van der Waals surface area contributed by atoms with Crippen LogP contribution in [0.4, 0.5) is 5.69 Å². The first-order valence-corrected chi connectivity index (χ1v) is 5.40. The third-order valence-electron chi connectivity index (χ3n) is 2.88. The molecule has 4 heteroatoms. The summed E-state index contributed by atoms with van der Waals surface area (Å²) in [6.45, 7) is 1.72. The van der Waals surface area contributed by atoms with Crippen molar-refractivity contribution in [3.63, 3.8) is 0 Å². The summed E-state index contributed by atoms with van der Waals surface area (Å²) in [5.74, 6) is 0.129. The molecule has 0 saturated carbocycles. The van der Waals surface area contributed by atoms with E-state index in [9.17, 15) is 4.79 Å². The molecule has 0 aromatic carbocycles. The van der Waals surface area contributed by atoms with Crippen molar-refractivity contribution in [3.8, 4) is 6.07 Å². The van der Waals surface area contributed by atoms with E-state index in [4.69, 9.17) is 5.26 Å². The highest BCUT2D eigenvalue weighted by Crippen LogP contribution is 2.21. The molecule has 0 bridgehead atoms. The number of piperidine rings is 1. The number of hydrogen-bond donors (Lipinski definition) is 0. The molecule has 0 N–H and O–H groups in total. The lowest BCUT2D eigenvalue weighted by atomic mass is 9.99. The predicted octanol–water partition coefficient (Wildman–Crippen LogP) is 1.37. The molecule has 4 nitrogen and oxygen atoms in total. The Morgan fingerprint density at radius 3 is 3.06 bits per heavy atom.